The van der Waals surface area contributed by atoms with Gasteiger partial charge in [-0.15, -0.1) is 11.3 Å². The minimum absolute atomic E-state index is 0.0279. The molecule has 1 aromatic carbocycles. The number of aryl methyl sites for hydroxylation is 3. The predicted molar refractivity (Wildman–Crippen MR) is 90.3 cm³/mol. The predicted octanol–water partition coefficient (Wildman–Crippen LogP) is 3.44. The van der Waals surface area contributed by atoms with Gasteiger partial charge in [-0.1, -0.05) is 19.1 Å². The molecule has 3 rings (SSSR count). The molecule has 114 valence electrons. The molecule has 0 aliphatic heterocycles. The van der Waals surface area contributed by atoms with E-state index in [0.717, 1.165) is 28.2 Å². The third-order valence-corrected chi connectivity index (χ3v) is 5.00. The second-order valence-electron chi connectivity index (χ2n) is 5.30. The van der Waals surface area contributed by atoms with Crippen molar-refractivity contribution in [3.8, 4) is 0 Å². The van der Waals surface area contributed by atoms with Crippen molar-refractivity contribution < 1.29 is 4.79 Å². The Balaban J connectivity index is 1.75. The SMILES string of the molecule is CCc1cc(C(=O)NCc2nc3ccccc3n2C)sc1C. The van der Waals surface area contributed by atoms with E-state index in [1.54, 1.807) is 11.3 Å². The molecule has 1 amide bonds. The molecule has 0 saturated carbocycles. The van der Waals surface area contributed by atoms with Gasteiger partial charge in [0.15, 0.2) is 0 Å². The van der Waals surface area contributed by atoms with E-state index in [9.17, 15) is 4.79 Å². The number of hydrogen-bond acceptors (Lipinski definition) is 3. The fraction of sp³-hybridized carbons (Fsp3) is 0.294. The van der Waals surface area contributed by atoms with Crippen molar-refractivity contribution in [3.63, 3.8) is 0 Å². The van der Waals surface area contributed by atoms with Crippen LogP contribution in [-0.4, -0.2) is 15.5 Å². The van der Waals surface area contributed by atoms with Crippen LogP contribution >= 0.6 is 11.3 Å². The number of para-hydroxylation sites is 2. The molecule has 5 heteroatoms. The lowest BCUT2D eigenvalue weighted by Crippen LogP contribution is -2.23. The Morgan fingerprint density at radius 3 is 2.82 bits per heavy atom. The summed E-state index contributed by atoms with van der Waals surface area (Å²) in [5, 5.41) is 2.97. The molecule has 0 spiro atoms. The summed E-state index contributed by atoms with van der Waals surface area (Å²) in [6.45, 7) is 4.60. The van der Waals surface area contributed by atoms with Gasteiger partial charge in [-0.05, 0) is 37.1 Å². The van der Waals surface area contributed by atoms with E-state index in [0.29, 0.717) is 6.54 Å². The van der Waals surface area contributed by atoms with E-state index < -0.39 is 0 Å². The van der Waals surface area contributed by atoms with E-state index >= 15 is 0 Å². The number of thiophene rings is 1. The third kappa shape index (κ3) is 2.64. The van der Waals surface area contributed by atoms with E-state index in [-0.39, 0.29) is 5.91 Å². The van der Waals surface area contributed by atoms with Gasteiger partial charge >= 0.3 is 0 Å². The van der Waals surface area contributed by atoms with E-state index in [4.69, 9.17) is 0 Å². The minimum Gasteiger partial charge on any atom is -0.344 e. The Hall–Kier alpha value is -2.14. The molecule has 0 saturated heterocycles. The van der Waals surface area contributed by atoms with Crippen LogP contribution in [0.1, 0.15) is 32.9 Å². The van der Waals surface area contributed by atoms with E-state index in [1.807, 2.05) is 41.9 Å². The highest BCUT2D eigenvalue weighted by atomic mass is 32.1. The lowest BCUT2D eigenvalue weighted by Gasteiger charge is -2.04. The average molecular weight is 313 g/mol. The Morgan fingerprint density at radius 1 is 1.36 bits per heavy atom. The zero-order valence-corrected chi connectivity index (χ0v) is 13.8. The second-order valence-corrected chi connectivity index (χ2v) is 6.56. The first kappa shape index (κ1) is 14.8. The summed E-state index contributed by atoms with van der Waals surface area (Å²) in [6.07, 6.45) is 0.959. The molecule has 4 nitrogen and oxygen atoms in total. The largest absolute Gasteiger partial charge is 0.344 e. The highest BCUT2D eigenvalue weighted by molar-refractivity contribution is 7.14. The van der Waals surface area contributed by atoms with Crippen molar-refractivity contribution in [3.05, 3.63) is 51.5 Å². The molecule has 0 atom stereocenters. The van der Waals surface area contributed by atoms with Crippen molar-refractivity contribution in [2.24, 2.45) is 7.05 Å². The lowest BCUT2D eigenvalue weighted by atomic mass is 10.2. The molecule has 0 fully saturated rings. The van der Waals surface area contributed by atoms with Gasteiger partial charge in [-0.2, -0.15) is 0 Å². The van der Waals surface area contributed by atoms with E-state index in [1.165, 1.54) is 10.4 Å². The van der Waals surface area contributed by atoms with Crippen LogP contribution in [0.25, 0.3) is 11.0 Å². The van der Waals surface area contributed by atoms with Crippen LogP contribution < -0.4 is 5.32 Å². The van der Waals surface area contributed by atoms with Crippen LogP contribution in [0, 0.1) is 6.92 Å². The van der Waals surface area contributed by atoms with Crippen molar-refractivity contribution in [2.45, 2.75) is 26.8 Å². The van der Waals surface area contributed by atoms with Gasteiger partial charge in [0.25, 0.3) is 5.91 Å². The molecule has 2 aromatic heterocycles. The number of benzene rings is 1. The fourth-order valence-electron chi connectivity index (χ4n) is 2.58. The smallest absolute Gasteiger partial charge is 0.261 e. The summed E-state index contributed by atoms with van der Waals surface area (Å²) in [5.74, 6) is 0.832. The summed E-state index contributed by atoms with van der Waals surface area (Å²) < 4.78 is 2.02. The first-order valence-electron chi connectivity index (χ1n) is 7.38. The van der Waals surface area contributed by atoms with Crippen LogP contribution in [0.15, 0.2) is 30.3 Å². The average Bonchev–Trinajstić information content (AvgIpc) is 3.06. The van der Waals surface area contributed by atoms with Gasteiger partial charge in [0.1, 0.15) is 5.82 Å². The van der Waals surface area contributed by atoms with Gasteiger partial charge in [0.05, 0.1) is 22.5 Å². The number of hydrogen-bond donors (Lipinski definition) is 1. The topological polar surface area (TPSA) is 46.9 Å². The number of amides is 1. The fourth-order valence-corrected chi connectivity index (χ4v) is 3.61. The number of nitrogens with zero attached hydrogens (tertiary/aromatic N) is 2. The molecule has 22 heavy (non-hydrogen) atoms. The standard InChI is InChI=1S/C17H19N3OS/c1-4-12-9-15(22-11(12)2)17(21)18-10-16-19-13-7-5-6-8-14(13)20(16)3/h5-9H,4,10H2,1-3H3,(H,18,21). The third-order valence-electron chi connectivity index (χ3n) is 3.91. The molecule has 3 aromatic rings. The van der Waals surface area contributed by atoms with Gasteiger partial charge in [-0.25, -0.2) is 4.98 Å². The molecular weight excluding hydrogens is 294 g/mol. The molecule has 0 unspecified atom stereocenters. The maximum Gasteiger partial charge on any atom is 0.261 e. The Bertz CT molecular complexity index is 832. The normalized spacial score (nSPS) is 11.0. The van der Waals surface area contributed by atoms with Crippen LogP contribution in [0.5, 0.6) is 0 Å². The Labute approximate surface area is 133 Å². The highest BCUT2D eigenvalue weighted by Gasteiger charge is 2.13. The first-order valence-corrected chi connectivity index (χ1v) is 8.19. The lowest BCUT2D eigenvalue weighted by molar-refractivity contribution is 0.0953. The number of carbonyl (C=O) groups excluding carboxylic acids is 1. The summed E-state index contributed by atoms with van der Waals surface area (Å²) in [4.78, 5) is 18.8. The van der Waals surface area contributed by atoms with E-state index in [2.05, 4.69) is 24.1 Å². The van der Waals surface area contributed by atoms with Gasteiger partial charge in [0.2, 0.25) is 0 Å². The molecule has 0 radical (unpaired) electrons. The zero-order chi connectivity index (χ0) is 15.7. The quantitative estimate of drug-likeness (QED) is 0.802. The van der Waals surface area contributed by atoms with Gasteiger partial charge in [0, 0.05) is 11.9 Å². The molecule has 1 N–H and O–H groups in total. The van der Waals surface area contributed by atoms with Crippen LogP contribution in [0.3, 0.4) is 0 Å². The number of carbonyl (C=O) groups is 1. The van der Waals surface area contributed by atoms with Crippen molar-refractivity contribution in [2.75, 3.05) is 0 Å². The van der Waals surface area contributed by atoms with Crippen LogP contribution in [0.4, 0.5) is 0 Å². The van der Waals surface area contributed by atoms with Gasteiger partial charge in [-0.3, -0.25) is 4.79 Å². The first-order chi connectivity index (χ1) is 10.6. The van der Waals surface area contributed by atoms with Crippen molar-refractivity contribution in [1.29, 1.82) is 0 Å². The summed E-state index contributed by atoms with van der Waals surface area (Å²) in [5.41, 5.74) is 3.28. The maximum atomic E-state index is 12.3. The number of fused-ring (bicyclic) bond motifs is 1. The molecule has 0 aliphatic carbocycles. The minimum atomic E-state index is -0.0279. The van der Waals surface area contributed by atoms with Crippen LogP contribution in [0.2, 0.25) is 0 Å². The molecule has 0 bridgehead atoms. The highest BCUT2D eigenvalue weighted by Crippen LogP contribution is 2.22. The number of aromatic nitrogens is 2. The zero-order valence-electron chi connectivity index (χ0n) is 13.0. The molecule has 0 aliphatic rings. The molecular formula is C17H19N3OS. The van der Waals surface area contributed by atoms with Crippen LogP contribution in [-0.2, 0) is 20.0 Å². The van der Waals surface area contributed by atoms with Crippen molar-refractivity contribution >= 4 is 28.3 Å². The maximum absolute atomic E-state index is 12.3. The van der Waals surface area contributed by atoms with Crippen molar-refractivity contribution in [1.82, 2.24) is 14.9 Å². The number of rotatable bonds is 4. The summed E-state index contributed by atoms with van der Waals surface area (Å²) in [6, 6.07) is 9.97. The monoisotopic (exact) mass is 313 g/mol. The summed E-state index contributed by atoms with van der Waals surface area (Å²) >= 11 is 1.55. The van der Waals surface area contributed by atoms with Gasteiger partial charge < -0.3 is 9.88 Å². The Kier molecular flexibility index (Phi) is 3.98. The Morgan fingerprint density at radius 2 is 2.14 bits per heavy atom. The number of imidazole rings is 1. The molecule has 2 heterocycles. The summed E-state index contributed by atoms with van der Waals surface area (Å²) in [7, 11) is 1.97. The second kappa shape index (κ2) is 5.93. The number of nitrogens with one attached hydrogen (secondary N) is 1.